The lowest BCUT2D eigenvalue weighted by atomic mass is 9.91. The fraction of sp³-hybridized carbons (Fsp3) is 0.214. The van der Waals surface area contributed by atoms with Gasteiger partial charge >= 0.3 is 0 Å². The standard InChI is InChI=1S/C28H23N5O/c1-2-32-16-20-12-18(5-7-23(20)26(32)34)21-14-30-27-31-15-25(33(27)17-21)28(9-10-28)22-6-8-24-19(13-22)4-3-11-29-24/h3-8,11-15,17H,2,9-10,16H2,1H3. The first-order valence-corrected chi connectivity index (χ1v) is 11.8. The Kier molecular flexibility index (Phi) is 3.98. The fourth-order valence-corrected chi connectivity index (χ4v) is 5.38. The molecule has 166 valence electrons. The second-order valence-corrected chi connectivity index (χ2v) is 9.34. The van der Waals surface area contributed by atoms with Crippen molar-refractivity contribution >= 4 is 22.6 Å². The molecule has 1 fully saturated rings. The third-order valence-electron chi connectivity index (χ3n) is 7.46. The highest BCUT2D eigenvalue weighted by Gasteiger charge is 2.48. The quantitative estimate of drug-likeness (QED) is 0.391. The summed E-state index contributed by atoms with van der Waals surface area (Å²) in [5.74, 6) is 0.830. The lowest BCUT2D eigenvalue weighted by Crippen LogP contribution is -2.22. The molecule has 7 rings (SSSR count). The minimum atomic E-state index is -0.0459. The van der Waals surface area contributed by atoms with Crippen LogP contribution in [0.25, 0.3) is 27.8 Å². The van der Waals surface area contributed by atoms with Gasteiger partial charge in [0, 0.05) is 53.6 Å². The van der Waals surface area contributed by atoms with Crippen molar-refractivity contribution in [2.45, 2.75) is 31.7 Å². The molecule has 0 radical (unpaired) electrons. The zero-order valence-electron chi connectivity index (χ0n) is 18.9. The first-order chi connectivity index (χ1) is 16.7. The van der Waals surface area contributed by atoms with Gasteiger partial charge in [0.15, 0.2) is 0 Å². The number of nitrogens with zero attached hydrogens (tertiary/aromatic N) is 5. The summed E-state index contributed by atoms with van der Waals surface area (Å²) in [6, 6.07) is 16.8. The Morgan fingerprint density at radius 2 is 1.85 bits per heavy atom. The van der Waals surface area contributed by atoms with E-state index in [9.17, 15) is 4.79 Å². The molecular formula is C28H23N5O. The van der Waals surface area contributed by atoms with Gasteiger partial charge in [-0.1, -0.05) is 18.2 Å². The Morgan fingerprint density at radius 1 is 0.971 bits per heavy atom. The minimum absolute atomic E-state index is 0.0459. The van der Waals surface area contributed by atoms with Crippen LogP contribution < -0.4 is 0 Å². The Morgan fingerprint density at radius 3 is 2.71 bits per heavy atom. The number of benzene rings is 2. The van der Waals surface area contributed by atoms with Gasteiger partial charge in [0.25, 0.3) is 5.91 Å². The van der Waals surface area contributed by atoms with Gasteiger partial charge in [0.2, 0.25) is 5.78 Å². The normalized spacial score (nSPS) is 16.4. The van der Waals surface area contributed by atoms with Gasteiger partial charge in [-0.15, -0.1) is 0 Å². The number of hydrogen-bond donors (Lipinski definition) is 0. The van der Waals surface area contributed by atoms with Crippen molar-refractivity contribution < 1.29 is 4.79 Å². The van der Waals surface area contributed by atoms with Crippen LogP contribution in [0.2, 0.25) is 0 Å². The zero-order chi connectivity index (χ0) is 22.9. The van der Waals surface area contributed by atoms with Gasteiger partial charge in [0.05, 0.1) is 17.4 Å². The summed E-state index contributed by atoms with van der Waals surface area (Å²) in [5.41, 5.74) is 7.43. The number of aromatic nitrogens is 4. The summed E-state index contributed by atoms with van der Waals surface area (Å²) in [5, 5.41) is 1.16. The van der Waals surface area contributed by atoms with Crippen LogP contribution >= 0.6 is 0 Å². The Balaban J connectivity index is 1.31. The largest absolute Gasteiger partial charge is 0.335 e. The van der Waals surface area contributed by atoms with E-state index in [0.717, 1.165) is 52.5 Å². The highest BCUT2D eigenvalue weighted by atomic mass is 16.2. The van der Waals surface area contributed by atoms with E-state index in [1.807, 2.05) is 48.6 Å². The number of rotatable bonds is 4. The Hall–Kier alpha value is -4.06. The van der Waals surface area contributed by atoms with E-state index in [1.165, 1.54) is 11.3 Å². The van der Waals surface area contributed by atoms with Crippen LogP contribution in [0.1, 0.15) is 46.9 Å². The SMILES string of the molecule is CCN1Cc2cc(-c3cnc4ncc(C5(c6ccc7ncccc7c6)CC5)n4c3)ccc2C1=O. The summed E-state index contributed by atoms with van der Waals surface area (Å²) in [6.07, 6.45) is 10.0. The molecule has 1 aliphatic heterocycles. The van der Waals surface area contributed by atoms with E-state index in [-0.39, 0.29) is 11.3 Å². The van der Waals surface area contributed by atoms with E-state index in [0.29, 0.717) is 12.3 Å². The third-order valence-corrected chi connectivity index (χ3v) is 7.46. The number of pyridine rings is 1. The number of imidazole rings is 1. The summed E-state index contributed by atoms with van der Waals surface area (Å²) < 4.78 is 2.15. The molecule has 0 saturated heterocycles. The number of carbonyl (C=O) groups is 1. The first-order valence-electron chi connectivity index (χ1n) is 11.8. The fourth-order valence-electron chi connectivity index (χ4n) is 5.38. The molecule has 1 saturated carbocycles. The van der Waals surface area contributed by atoms with Crippen molar-refractivity contribution in [2.75, 3.05) is 6.54 Å². The maximum atomic E-state index is 12.5. The summed E-state index contributed by atoms with van der Waals surface area (Å²) >= 11 is 0. The zero-order valence-corrected chi connectivity index (χ0v) is 18.9. The number of hydrogen-bond acceptors (Lipinski definition) is 4. The second kappa shape index (κ2) is 6.97. The molecule has 3 aromatic heterocycles. The Bertz CT molecular complexity index is 1610. The number of fused-ring (bicyclic) bond motifs is 3. The topological polar surface area (TPSA) is 63.4 Å². The molecule has 6 nitrogen and oxygen atoms in total. The molecule has 4 heterocycles. The van der Waals surface area contributed by atoms with Gasteiger partial charge in [-0.05, 0) is 66.8 Å². The first kappa shape index (κ1) is 19.4. The van der Waals surface area contributed by atoms with Crippen molar-refractivity contribution in [3.8, 4) is 11.1 Å². The molecule has 0 bridgehead atoms. The van der Waals surface area contributed by atoms with Gasteiger partial charge < -0.3 is 4.90 Å². The number of carbonyl (C=O) groups excluding carboxylic acids is 1. The Labute approximate surface area is 196 Å². The van der Waals surface area contributed by atoms with Gasteiger partial charge in [-0.3, -0.25) is 14.2 Å². The summed E-state index contributed by atoms with van der Waals surface area (Å²) in [7, 11) is 0. The monoisotopic (exact) mass is 445 g/mol. The molecule has 0 atom stereocenters. The lowest BCUT2D eigenvalue weighted by molar-refractivity contribution is 0.0787. The average molecular weight is 446 g/mol. The maximum Gasteiger partial charge on any atom is 0.254 e. The maximum absolute atomic E-state index is 12.5. The molecule has 1 aliphatic carbocycles. The third kappa shape index (κ3) is 2.75. The minimum Gasteiger partial charge on any atom is -0.335 e. The predicted octanol–water partition coefficient (Wildman–Crippen LogP) is 5.00. The van der Waals surface area contributed by atoms with Crippen LogP contribution in [0.5, 0.6) is 0 Å². The molecule has 0 unspecified atom stereocenters. The predicted molar refractivity (Wildman–Crippen MR) is 131 cm³/mol. The molecular weight excluding hydrogens is 422 g/mol. The lowest BCUT2D eigenvalue weighted by Gasteiger charge is -2.17. The highest BCUT2D eigenvalue weighted by molar-refractivity contribution is 5.99. The van der Waals surface area contributed by atoms with Crippen molar-refractivity contribution in [1.82, 2.24) is 24.3 Å². The highest BCUT2D eigenvalue weighted by Crippen LogP contribution is 2.53. The van der Waals surface area contributed by atoms with Gasteiger partial charge in [0.1, 0.15) is 0 Å². The van der Waals surface area contributed by atoms with Crippen molar-refractivity contribution in [2.24, 2.45) is 0 Å². The molecule has 0 spiro atoms. The molecule has 2 aliphatic rings. The second-order valence-electron chi connectivity index (χ2n) is 9.34. The molecule has 5 aromatic rings. The van der Waals surface area contributed by atoms with E-state index < -0.39 is 0 Å². The van der Waals surface area contributed by atoms with Crippen molar-refractivity contribution in [3.63, 3.8) is 0 Å². The molecule has 6 heteroatoms. The van der Waals surface area contributed by atoms with E-state index in [2.05, 4.69) is 55.9 Å². The average Bonchev–Trinajstić information content (AvgIpc) is 3.47. The summed E-state index contributed by atoms with van der Waals surface area (Å²) in [6.45, 7) is 3.41. The molecule has 1 amide bonds. The van der Waals surface area contributed by atoms with E-state index in [1.54, 1.807) is 0 Å². The molecule has 0 N–H and O–H groups in total. The van der Waals surface area contributed by atoms with Crippen molar-refractivity contribution in [1.29, 1.82) is 0 Å². The smallest absolute Gasteiger partial charge is 0.254 e. The van der Waals surface area contributed by atoms with E-state index in [4.69, 9.17) is 0 Å². The van der Waals surface area contributed by atoms with Crippen LogP contribution in [0.3, 0.4) is 0 Å². The number of amides is 1. The van der Waals surface area contributed by atoms with Crippen LogP contribution in [-0.2, 0) is 12.0 Å². The van der Waals surface area contributed by atoms with Crippen LogP contribution in [-0.4, -0.2) is 36.7 Å². The van der Waals surface area contributed by atoms with Crippen LogP contribution in [0.15, 0.2) is 73.3 Å². The van der Waals surface area contributed by atoms with Crippen molar-refractivity contribution in [3.05, 3.63) is 95.7 Å². The molecule has 2 aromatic carbocycles. The van der Waals surface area contributed by atoms with Crippen LogP contribution in [0.4, 0.5) is 0 Å². The summed E-state index contributed by atoms with van der Waals surface area (Å²) in [4.78, 5) is 28.1. The van der Waals surface area contributed by atoms with Gasteiger partial charge in [-0.2, -0.15) is 0 Å². The van der Waals surface area contributed by atoms with E-state index >= 15 is 0 Å². The van der Waals surface area contributed by atoms with Gasteiger partial charge in [-0.25, -0.2) is 9.97 Å². The van der Waals surface area contributed by atoms with Crippen LogP contribution in [0, 0.1) is 0 Å². The molecule has 34 heavy (non-hydrogen) atoms.